The van der Waals surface area contributed by atoms with Gasteiger partial charge >= 0.3 is 14.8 Å². The predicted molar refractivity (Wildman–Crippen MR) is 81.8 cm³/mol. The van der Waals surface area contributed by atoms with Crippen molar-refractivity contribution < 1.29 is 27.5 Å². The molecule has 0 fully saturated rings. The van der Waals surface area contributed by atoms with Crippen LogP contribution in [0.2, 0.25) is 0 Å². The van der Waals surface area contributed by atoms with Gasteiger partial charge in [-0.3, -0.25) is 0 Å². The van der Waals surface area contributed by atoms with Gasteiger partial charge in [0.25, 0.3) is 0 Å². The summed E-state index contributed by atoms with van der Waals surface area (Å²) in [6.07, 6.45) is 1.82. The highest BCUT2D eigenvalue weighted by atomic mass is 28.4. The van der Waals surface area contributed by atoms with E-state index in [1.807, 2.05) is 27.7 Å². The van der Waals surface area contributed by atoms with Gasteiger partial charge in [0.05, 0.1) is 6.61 Å². The smallest absolute Gasteiger partial charge is 0.460 e. The maximum atomic E-state index is 11.0. The van der Waals surface area contributed by atoms with E-state index in [1.165, 1.54) is 0 Å². The number of ether oxygens (including phenoxy) is 2. The Bertz CT molecular complexity index is 280. The van der Waals surface area contributed by atoms with Crippen LogP contribution < -0.4 is 0 Å². The van der Waals surface area contributed by atoms with Gasteiger partial charge in [-0.2, -0.15) is 0 Å². The topological polar surface area (TPSA) is 63.2 Å². The molecule has 0 aromatic carbocycles. The number of hydrogen-bond acceptors (Lipinski definition) is 6. The summed E-state index contributed by atoms with van der Waals surface area (Å²) in [4.78, 5) is 11.0. The zero-order chi connectivity index (χ0) is 16.1. The summed E-state index contributed by atoms with van der Waals surface area (Å²) in [5.74, 6) is -0.463. The summed E-state index contributed by atoms with van der Waals surface area (Å²) >= 11 is 0. The molecule has 0 saturated carbocycles. The van der Waals surface area contributed by atoms with Gasteiger partial charge in [0.15, 0.2) is 0 Å². The first-order valence-corrected chi connectivity index (χ1v) is 9.22. The molecule has 0 aliphatic carbocycles. The molecule has 0 aliphatic rings. The average molecular weight is 320 g/mol. The molecular formula is C14H28O6Si. The van der Waals surface area contributed by atoms with Crippen molar-refractivity contribution in [1.29, 1.82) is 0 Å². The van der Waals surface area contributed by atoms with Crippen LogP contribution in [-0.4, -0.2) is 53.5 Å². The standard InChI is InChI=1S/C14H28O6Si/c1-6-13(15)16-11-12-17-14(7-2)21(18-8-3,19-9-4)20-10-5/h6,14H,1,7-12H2,2-5H3. The second-order valence-corrected chi connectivity index (χ2v) is 6.76. The highest BCUT2D eigenvalue weighted by Crippen LogP contribution is 2.20. The van der Waals surface area contributed by atoms with Crippen molar-refractivity contribution in [1.82, 2.24) is 0 Å². The summed E-state index contributed by atoms with van der Waals surface area (Å²) in [5.41, 5.74) is -0.278. The van der Waals surface area contributed by atoms with Crippen LogP contribution in [-0.2, 0) is 27.5 Å². The highest BCUT2D eigenvalue weighted by molar-refractivity contribution is 6.62. The van der Waals surface area contributed by atoms with E-state index in [-0.39, 0.29) is 18.9 Å². The summed E-state index contributed by atoms with van der Waals surface area (Å²) in [5, 5.41) is 0. The summed E-state index contributed by atoms with van der Waals surface area (Å²) in [7, 11) is -2.89. The largest absolute Gasteiger partial charge is 0.531 e. The minimum atomic E-state index is -2.89. The van der Waals surface area contributed by atoms with E-state index in [1.54, 1.807) is 0 Å². The second kappa shape index (κ2) is 11.9. The SMILES string of the molecule is C=CC(=O)OCCOC(CC)[Si](OCC)(OCC)OCC. The fourth-order valence-corrected chi connectivity index (χ4v) is 4.71. The number of esters is 1. The normalized spacial score (nSPS) is 13.0. The van der Waals surface area contributed by atoms with Gasteiger partial charge in [0, 0.05) is 25.9 Å². The van der Waals surface area contributed by atoms with Crippen LogP contribution in [0.15, 0.2) is 12.7 Å². The highest BCUT2D eigenvalue weighted by Gasteiger charge is 2.49. The third-order valence-electron chi connectivity index (χ3n) is 2.62. The van der Waals surface area contributed by atoms with Gasteiger partial charge < -0.3 is 22.8 Å². The molecule has 1 atom stereocenters. The number of carbonyl (C=O) groups is 1. The van der Waals surface area contributed by atoms with E-state index in [9.17, 15) is 4.79 Å². The van der Waals surface area contributed by atoms with Crippen molar-refractivity contribution in [3.8, 4) is 0 Å². The maximum absolute atomic E-state index is 11.0. The molecular weight excluding hydrogens is 292 g/mol. The van der Waals surface area contributed by atoms with Crippen LogP contribution >= 0.6 is 0 Å². The Labute approximate surface area is 128 Å². The van der Waals surface area contributed by atoms with Crippen LogP contribution in [0, 0.1) is 0 Å². The maximum Gasteiger partial charge on any atom is 0.531 e. The Morgan fingerprint density at radius 3 is 1.95 bits per heavy atom. The molecule has 0 N–H and O–H groups in total. The molecule has 0 saturated heterocycles. The Balaban J connectivity index is 4.63. The van der Waals surface area contributed by atoms with E-state index in [0.717, 1.165) is 6.08 Å². The fraction of sp³-hybridized carbons (Fsp3) is 0.786. The Morgan fingerprint density at radius 2 is 1.57 bits per heavy atom. The molecule has 0 bridgehead atoms. The van der Waals surface area contributed by atoms with Crippen LogP contribution in [0.5, 0.6) is 0 Å². The van der Waals surface area contributed by atoms with Gasteiger partial charge in [-0.1, -0.05) is 13.5 Å². The number of hydrogen-bond donors (Lipinski definition) is 0. The van der Waals surface area contributed by atoms with E-state index in [0.29, 0.717) is 26.2 Å². The Kier molecular flexibility index (Phi) is 11.5. The van der Waals surface area contributed by atoms with Crippen LogP contribution in [0.4, 0.5) is 0 Å². The molecule has 7 heteroatoms. The molecule has 124 valence electrons. The molecule has 0 aromatic rings. The Morgan fingerprint density at radius 1 is 1.05 bits per heavy atom. The van der Waals surface area contributed by atoms with Crippen molar-refractivity contribution in [2.45, 2.75) is 39.8 Å². The monoisotopic (exact) mass is 320 g/mol. The molecule has 1 unspecified atom stereocenters. The zero-order valence-electron chi connectivity index (χ0n) is 13.6. The molecule has 6 nitrogen and oxygen atoms in total. The van der Waals surface area contributed by atoms with Crippen molar-refractivity contribution in [2.75, 3.05) is 33.0 Å². The van der Waals surface area contributed by atoms with E-state index in [4.69, 9.17) is 22.8 Å². The van der Waals surface area contributed by atoms with Gasteiger partial charge in [-0.05, 0) is 27.2 Å². The second-order valence-electron chi connectivity index (χ2n) is 4.04. The van der Waals surface area contributed by atoms with Crippen molar-refractivity contribution in [2.24, 2.45) is 0 Å². The quantitative estimate of drug-likeness (QED) is 0.224. The lowest BCUT2D eigenvalue weighted by Crippen LogP contribution is -2.57. The molecule has 0 spiro atoms. The fourth-order valence-electron chi connectivity index (χ4n) is 1.87. The first-order valence-electron chi connectivity index (χ1n) is 7.42. The van der Waals surface area contributed by atoms with Crippen LogP contribution in [0.25, 0.3) is 0 Å². The minimum absolute atomic E-state index is 0.163. The van der Waals surface area contributed by atoms with E-state index < -0.39 is 14.8 Å². The summed E-state index contributed by atoms with van der Waals surface area (Å²) in [6.45, 7) is 12.9. The molecule has 0 aliphatic heterocycles. The molecule has 0 heterocycles. The molecule has 0 amide bonds. The zero-order valence-corrected chi connectivity index (χ0v) is 14.6. The predicted octanol–water partition coefficient (Wildman–Crippen LogP) is 2.10. The first-order chi connectivity index (χ1) is 10.1. The van der Waals surface area contributed by atoms with Crippen molar-refractivity contribution >= 4 is 14.8 Å². The summed E-state index contributed by atoms with van der Waals surface area (Å²) in [6, 6.07) is 0. The number of rotatable bonds is 13. The van der Waals surface area contributed by atoms with E-state index >= 15 is 0 Å². The van der Waals surface area contributed by atoms with Gasteiger partial charge in [0.2, 0.25) is 0 Å². The first kappa shape index (κ1) is 20.3. The van der Waals surface area contributed by atoms with Gasteiger partial charge in [0.1, 0.15) is 12.3 Å². The minimum Gasteiger partial charge on any atom is -0.460 e. The van der Waals surface area contributed by atoms with Gasteiger partial charge in [-0.25, -0.2) is 4.79 Å². The van der Waals surface area contributed by atoms with Gasteiger partial charge in [-0.15, -0.1) is 0 Å². The average Bonchev–Trinajstić information content (AvgIpc) is 2.47. The molecule has 21 heavy (non-hydrogen) atoms. The molecule has 0 aromatic heterocycles. The lowest BCUT2D eigenvalue weighted by molar-refractivity contribution is -0.139. The van der Waals surface area contributed by atoms with E-state index in [2.05, 4.69) is 6.58 Å². The lowest BCUT2D eigenvalue weighted by Gasteiger charge is -2.34. The lowest BCUT2D eigenvalue weighted by atomic mass is 10.5. The third-order valence-corrected chi connectivity index (χ3v) is 6.05. The van der Waals surface area contributed by atoms with Crippen molar-refractivity contribution in [3.63, 3.8) is 0 Å². The number of carbonyl (C=O) groups excluding carboxylic acids is 1. The van der Waals surface area contributed by atoms with Crippen LogP contribution in [0.1, 0.15) is 34.1 Å². The van der Waals surface area contributed by atoms with Crippen molar-refractivity contribution in [3.05, 3.63) is 12.7 Å². The molecule has 0 rings (SSSR count). The summed E-state index contributed by atoms with van der Waals surface area (Å²) < 4.78 is 28.1. The Hall–Kier alpha value is -0.733. The third kappa shape index (κ3) is 7.19. The molecule has 0 radical (unpaired) electrons. The van der Waals surface area contributed by atoms with Crippen LogP contribution in [0.3, 0.4) is 0 Å².